The molecule has 0 aromatic carbocycles. The molecule has 94 valence electrons. The van der Waals surface area contributed by atoms with E-state index in [1.165, 1.54) is 11.3 Å². The van der Waals surface area contributed by atoms with Gasteiger partial charge >= 0.3 is 0 Å². The summed E-state index contributed by atoms with van der Waals surface area (Å²) >= 11 is 7.16. The van der Waals surface area contributed by atoms with E-state index >= 15 is 0 Å². The lowest BCUT2D eigenvalue weighted by Crippen LogP contribution is -2.35. The number of amides is 1. The molecule has 1 aromatic rings. The summed E-state index contributed by atoms with van der Waals surface area (Å²) in [4.78, 5) is 19.3. The van der Waals surface area contributed by atoms with Gasteiger partial charge in [0, 0.05) is 18.5 Å². The average molecular weight is 273 g/mol. The summed E-state index contributed by atoms with van der Waals surface area (Å²) in [6, 6.07) is 0.378. The van der Waals surface area contributed by atoms with E-state index in [1.807, 2.05) is 11.8 Å². The molecule has 1 amide bonds. The first-order valence-electron chi connectivity index (χ1n) is 6.01. The molecule has 5 heteroatoms. The van der Waals surface area contributed by atoms with Gasteiger partial charge in [-0.25, -0.2) is 4.98 Å². The van der Waals surface area contributed by atoms with Crippen LogP contribution < -0.4 is 0 Å². The van der Waals surface area contributed by atoms with Crippen LogP contribution in [0.5, 0.6) is 0 Å². The summed E-state index contributed by atoms with van der Waals surface area (Å²) in [7, 11) is 0. The van der Waals surface area contributed by atoms with Crippen molar-refractivity contribution < 1.29 is 4.79 Å². The van der Waals surface area contributed by atoms with Crippen LogP contribution in [0.1, 0.15) is 41.0 Å². The Hall–Kier alpha value is -0.610. The summed E-state index contributed by atoms with van der Waals surface area (Å²) in [5.74, 6) is 0.833. The molecule has 1 atom stereocenters. The number of hydrogen-bond acceptors (Lipinski definition) is 3. The Bertz CT molecular complexity index is 394. The summed E-state index contributed by atoms with van der Waals surface area (Å²) in [6.45, 7) is 2.77. The third-order valence-corrected chi connectivity index (χ3v) is 4.43. The van der Waals surface area contributed by atoms with E-state index in [2.05, 4.69) is 4.98 Å². The van der Waals surface area contributed by atoms with Crippen molar-refractivity contribution in [1.29, 1.82) is 0 Å². The van der Waals surface area contributed by atoms with Crippen molar-refractivity contribution in [2.45, 2.75) is 38.6 Å². The van der Waals surface area contributed by atoms with Crippen LogP contribution in [0.3, 0.4) is 0 Å². The van der Waals surface area contributed by atoms with Gasteiger partial charge in [-0.2, -0.15) is 0 Å². The smallest absolute Gasteiger partial charge is 0.266 e. The molecule has 0 radical (unpaired) electrons. The monoisotopic (exact) mass is 272 g/mol. The second kappa shape index (κ2) is 5.83. The predicted octanol–water partition coefficient (Wildman–Crippen LogP) is 3.08. The van der Waals surface area contributed by atoms with E-state index < -0.39 is 0 Å². The Morgan fingerprint density at radius 3 is 3.18 bits per heavy atom. The second-order valence-electron chi connectivity index (χ2n) is 4.39. The van der Waals surface area contributed by atoms with Crippen molar-refractivity contribution in [3.05, 3.63) is 16.1 Å². The number of thiazole rings is 1. The van der Waals surface area contributed by atoms with Crippen LogP contribution in [0.25, 0.3) is 0 Å². The maximum Gasteiger partial charge on any atom is 0.266 e. The molecule has 1 unspecified atom stereocenters. The highest BCUT2D eigenvalue weighted by molar-refractivity contribution is 7.11. The van der Waals surface area contributed by atoms with Crippen LogP contribution in [0.2, 0.25) is 0 Å². The molecule has 1 fully saturated rings. The fourth-order valence-electron chi connectivity index (χ4n) is 2.35. The third kappa shape index (κ3) is 2.80. The molecule has 0 saturated carbocycles. The van der Waals surface area contributed by atoms with Crippen LogP contribution in [-0.2, 0) is 0 Å². The number of aromatic nitrogens is 1. The molecule has 0 aliphatic carbocycles. The average Bonchev–Trinajstić information content (AvgIpc) is 2.94. The minimum Gasteiger partial charge on any atom is -0.335 e. The summed E-state index contributed by atoms with van der Waals surface area (Å²) in [6.07, 6.45) is 4.22. The van der Waals surface area contributed by atoms with E-state index in [1.54, 1.807) is 5.51 Å². The fraction of sp³-hybridized carbons (Fsp3) is 0.667. The number of carbonyl (C=O) groups excluding carboxylic acids is 1. The van der Waals surface area contributed by atoms with Crippen LogP contribution >= 0.6 is 22.9 Å². The Morgan fingerprint density at radius 1 is 1.71 bits per heavy atom. The molecule has 0 spiro atoms. The van der Waals surface area contributed by atoms with Crippen LogP contribution in [0, 0.1) is 6.92 Å². The van der Waals surface area contributed by atoms with E-state index in [4.69, 9.17) is 11.6 Å². The van der Waals surface area contributed by atoms with Gasteiger partial charge in [-0.05, 0) is 32.6 Å². The maximum absolute atomic E-state index is 12.4. The molecule has 1 aliphatic rings. The van der Waals surface area contributed by atoms with E-state index in [0.29, 0.717) is 11.9 Å². The van der Waals surface area contributed by atoms with Gasteiger partial charge in [-0.15, -0.1) is 22.9 Å². The van der Waals surface area contributed by atoms with Crippen molar-refractivity contribution >= 4 is 28.8 Å². The van der Waals surface area contributed by atoms with Crippen molar-refractivity contribution in [2.24, 2.45) is 0 Å². The lowest BCUT2D eigenvalue weighted by molar-refractivity contribution is 0.0734. The lowest BCUT2D eigenvalue weighted by Gasteiger charge is -2.24. The van der Waals surface area contributed by atoms with Crippen LogP contribution in [0.4, 0.5) is 0 Å². The summed E-state index contributed by atoms with van der Waals surface area (Å²) in [5, 5.41) is 0. The van der Waals surface area contributed by atoms with Gasteiger partial charge in [0.2, 0.25) is 0 Å². The van der Waals surface area contributed by atoms with Crippen LogP contribution in [-0.4, -0.2) is 34.3 Å². The maximum atomic E-state index is 12.4. The molecule has 1 saturated heterocycles. The van der Waals surface area contributed by atoms with Gasteiger partial charge in [0.1, 0.15) is 4.88 Å². The number of carbonyl (C=O) groups is 1. The number of rotatable bonds is 4. The quantitative estimate of drug-likeness (QED) is 0.789. The third-order valence-electron chi connectivity index (χ3n) is 3.25. The van der Waals surface area contributed by atoms with Gasteiger partial charge in [-0.1, -0.05) is 0 Å². The first kappa shape index (κ1) is 12.8. The molecule has 17 heavy (non-hydrogen) atoms. The number of likely N-dealkylation sites (tertiary alicyclic amines) is 1. The molecule has 1 aromatic heterocycles. The summed E-state index contributed by atoms with van der Waals surface area (Å²) in [5.41, 5.74) is 2.59. The van der Waals surface area contributed by atoms with Gasteiger partial charge in [0.25, 0.3) is 5.91 Å². The van der Waals surface area contributed by atoms with Crippen molar-refractivity contribution in [3.8, 4) is 0 Å². The van der Waals surface area contributed by atoms with Crippen LogP contribution in [0.15, 0.2) is 5.51 Å². The molecule has 2 heterocycles. The SMILES string of the molecule is Cc1ncsc1C(=O)N1CCCC1CCCCl. The fourth-order valence-corrected chi connectivity index (χ4v) is 3.27. The minimum atomic E-state index is 0.155. The summed E-state index contributed by atoms with van der Waals surface area (Å²) < 4.78 is 0. The Balaban J connectivity index is 2.06. The molecule has 1 aliphatic heterocycles. The van der Waals surface area contributed by atoms with Crippen molar-refractivity contribution in [3.63, 3.8) is 0 Å². The zero-order valence-electron chi connectivity index (χ0n) is 9.99. The van der Waals surface area contributed by atoms with E-state index in [0.717, 1.165) is 42.8 Å². The first-order chi connectivity index (χ1) is 8.24. The largest absolute Gasteiger partial charge is 0.335 e. The first-order valence-corrected chi connectivity index (χ1v) is 7.42. The van der Waals surface area contributed by atoms with Crippen molar-refractivity contribution in [2.75, 3.05) is 12.4 Å². The number of aryl methyl sites for hydroxylation is 1. The topological polar surface area (TPSA) is 33.2 Å². The number of alkyl halides is 1. The van der Waals surface area contributed by atoms with Crippen molar-refractivity contribution in [1.82, 2.24) is 9.88 Å². The molecular formula is C12H17ClN2OS. The Labute approximate surface area is 111 Å². The number of halogens is 1. The molecule has 0 N–H and O–H groups in total. The molecule has 2 rings (SSSR count). The molecular weight excluding hydrogens is 256 g/mol. The standard InChI is InChI=1S/C12H17ClN2OS/c1-9-11(17-8-14-9)12(16)15-7-3-5-10(15)4-2-6-13/h8,10H,2-7H2,1H3. The van der Waals surface area contributed by atoms with E-state index in [9.17, 15) is 4.79 Å². The predicted molar refractivity (Wildman–Crippen MR) is 70.9 cm³/mol. The zero-order valence-corrected chi connectivity index (χ0v) is 11.6. The highest BCUT2D eigenvalue weighted by atomic mass is 35.5. The normalized spacial score (nSPS) is 19.9. The van der Waals surface area contributed by atoms with E-state index in [-0.39, 0.29) is 5.91 Å². The van der Waals surface area contributed by atoms with Gasteiger partial charge in [-0.3, -0.25) is 4.79 Å². The molecule has 3 nitrogen and oxygen atoms in total. The molecule has 0 bridgehead atoms. The number of nitrogens with zero attached hydrogens (tertiary/aromatic N) is 2. The lowest BCUT2D eigenvalue weighted by atomic mass is 10.1. The number of hydrogen-bond donors (Lipinski definition) is 0. The van der Waals surface area contributed by atoms with Gasteiger partial charge < -0.3 is 4.90 Å². The highest BCUT2D eigenvalue weighted by Crippen LogP contribution is 2.25. The zero-order chi connectivity index (χ0) is 12.3. The second-order valence-corrected chi connectivity index (χ2v) is 5.63. The minimum absolute atomic E-state index is 0.155. The van der Waals surface area contributed by atoms with Gasteiger partial charge in [0.05, 0.1) is 11.2 Å². The Kier molecular flexibility index (Phi) is 4.40. The Morgan fingerprint density at radius 2 is 2.53 bits per heavy atom. The highest BCUT2D eigenvalue weighted by Gasteiger charge is 2.30. The van der Waals surface area contributed by atoms with Gasteiger partial charge in [0.15, 0.2) is 0 Å².